The van der Waals surface area contributed by atoms with Crippen LogP contribution in [0.25, 0.3) is 0 Å². The fourth-order valence-electron chi connectivity index (χ4n) is 3.81. The standard InChI is InChI=1S/C24H18F3N3O3/c1-13-3-6-16(7-4-13)21(31)19-20(15-8-10-17(11-9-15)24(25,26)27)30(23(33)22(19)32)18-12-5-14(2)28-29-18/h3-12,19-20H,1-2H3. The molecule has 2 aromatic carbocycles. The Labute approximate surface area is 187 Å². The van der Waals surface area contributed by atoms with E-state index in [4.69, 9.17) is 0 Å². The maximum absolute atomic E-state index is 13.3. The molecular weight excluding hydrogens is 435 g/mol. The van der Waals surface area contributed by atoms with E-state index < -0.39 is 41.2 Å². The van der Waals surface area contributed by atoms with E-state index in [0.717, 1.165) is 22.6 Å². The van der Waals surface area contributed by atoms with Gasteiger partial charge in [0.1, 0.15) is 5.92 Å². The zero-order valence-corrected chi connectivity index (χ0v) is 17.6. The van der Waals surface area contributed by atoms with E-state index in [1.54, 1.807) is 37.3 Å². The first kappa shape index (κ1) is 22.3. The number of benzene rings is 2. The van der Waals surface area contributed by atoms with Gasteiger partial charge in [0.05, 0.1) is 17.3 Å². The van der Waals surface area contributed by atoms with Crippen molar-refractivity contribution in [2.75, 3.05) is 4.90 Å². The van der Waals surface area contributed by atoms with Gasteiger partial charge in [0.15, 0.2) is 11.6 Å². The number of ketones is 2. The van der Waals surface area contributed by atoms with Crippen LogP contribution in [0.4, 0.5) is 19.0 Å². The Bertz CT molecular complexity index is 1220. The van der Waals surface area contributed by atoms with Gasteiger partial charge in [-0.1, -0.05) is 42.0 Å². The van der Waals surface area contributed by atoms with Crippen molar-refractivity contribution >= 4 is 23.3 Å². The highest BCUT2D eigenvalue weighted by Gasteiger charge is 2.53. The second-order valence-electron chi connectivity index (χ2n) is 7.84. The summed E-state index contributed by atoms with van der Waals surface area (Å²) in [4.78, 5) is 40.4. The third kappa shape index (κ3) is 4.13. The van der Waals surface area contributed by atoms with Crippen molar-refractivity contribution in [1.29, 1.82) is 0 Å². The summed E-state index contributed by atoms with van der Waals surface area (Å²) in [6.45, 7) is 3.52. The summed E-state index contributed by atoms with van der Waals surface area (Å²) in [5, 5.41) is 7.87. The number of amides is 1. The molecule has 2 atom stereocenters. The molecule has 1 aliphatic heterocycles. The lowest BCUT2D eigenvalue weighted by Crippen LogP contribution is -2.31. The number of nitrogens with zero attached hydrogens (tertiary/aromatic N) is 3. The third-order valence-electron chi connectivity index (χ3n) is 5.53. The number of anilines is 1. The summed E-state index contributed by atoms with van der Waals surface area (Å²) in [6, 6.07) is 12.4. The molecule has 33 heavy (non-hydrogen) atoms. The lowest BCUT2D eigenvalue weighted by atomic mass is 9.86. The van der Waals surface area contributed by atoms with Crippen LogP contribution in [0.1, 0.15) is 38.8 Å². The topological polar surface area (TPSA) is 80.2 Å². The van der Waals surface area contributed by atoms with Crippen LogP contribution in [0.2, 0.25) is 0 Å². The second-order valence-corrected chi connectivity index (χ2v) is 7.84. The number of rotatable bonds is 4. The van der Waals surface area contributed by atoms with Crippen LogP contribution in [0, 0.1) is 19.8 Å². The Morgan fingerprint density at radius 3 is 2.06 bits per heavy atom. The molecule has 1 aliphatic rings. The molecule has 2 heterocycles. The molecular formula is C24H18F3N3O3. The maximum atomic E-state index is 13.3. The highest BCUT2D eigenvalue weighted by atomic mass is 19.4. The van der Waals surface area contributed by atoms with Gasteiger partial charge in [-0.15, -0.1) is 5.10 Å². The summed E-state index contributed by atoms with van der Waals surface area (Å²) in [5.74, 6) is -3.93. The largest absolute Gasteiger partial charge is 0.416 e. The maximum Gasteiger partial charge on any atom is 0.416 e. The first-order valence-corrected chi connectivity index (χ1v) is 10.0. The second kappa shape index (κ2) is 8.23. The molecule has 1 saturated heterocycles. The zero-order valence-electron chi connectivity index (χ0n) is 17.6. The highest BCUT2D eigenvalue weighted by Crippen LogP contribution is 2.41. The van der Waals surface area contributed by atoms with Gasteiger partial charge in [0.2, 0.25) is 5.78 Å². The quantitative estimate of drug-likeness (QED) is 0.335. The fraction of sp³-hybridized carbons (Fsp3) is 0.208. The number of halogens is 3. The van der Waals surface area contributed by atoms with Gasteiger partial charge >= 0.3 is 6.18 Å². The molecule has 0 saturated carbocycles. The smallest absolute Gasteiger partial charge is 0.293 e. The van der Waals surface area contributed by atoms with E-state index in [-0.39, 0.29) is 16.9 Å². The lowest BCUT2D eigenvalue weighted by molar-refractivity contribution is -0.137. The molecule has 1 fully saturated rings. The van der Waals surface area contributed by atoms with E-state index in [1.807, 2.05) is 6.92 Å². The number of carbonyl (C=O) groups is 3. The van der Waals surface area contributed by atoms with E-state index in [0.29, 0.717) is 5.69 Å². The number of aromatic nitrogens is 2. The third-order valence-corrected chi connectivity index (χ3v) is 5.53. The summed E-state index contributed by atoms with van der Waals surface area (Å²) in [7, 11) is 0. The minimum atomic E-state index is -4.56. The predicted molar refractivity (Wildman–Crippen MR) is 112 cm³/mol. The molecule has 168 valence electrons. The minimum absolute atomic E-state index is 0.0306. The van der Waals surface area contributed by atoms with Crippen LogP contribution in [-0.4, -0.2) is 27.7 Å². The molecule has 1 aromatic heterocycles. The molecule has 0 bridgehead atoms. The van der Waals surface area contributed by atoms with Gasteiger partial charge in [0, 0.05) is 5.56 Å². The van der Waals surface area contributed by atoms with Gasteiger partial charge in [-0.25, -0.2) is 0 Å². The number of aryl methyl sites for hydroxylation is 2. The molecule has 0 aliphatic carbocycles. The average molecular weight is 453 g/mol. The molecule has 2 unspecified atom stereocenters. The summed E-state index contributed by atoms with van der Waals surface area (Å²) < 4.78 is 39.2. The first-order valence-electron chi connectivity index (χ1n) is 10.0. The molecule has 1 amide bonds. The van der Waals surface area contributed by atoms with Crippen LogP contribution in [0.5, 0.6) is 0 Å². The number of hydrogen-bond donors (Lipinski definition) is 0. The molecule has 6 nitrogen and oxygen atoms in total. The fourth-order valence-corrected chi connectivity index (χ4v) is 3.81. The Balaban J connectivity index is 1.84. The minimum Gasteiger partial charge on any atom is -0.293 e. The van der Waals surface area contributed by atoms with Gasteiger partial charge in [-0.05, 0) is 43.7 Å². The van der Waals surface area contributed by atoms with Crippen molar-refractivity contribution in [1.82, 2.24) is 10.2 Å². The summed E-state index contributed by atoms with van der Waals surface area (Å²) in [6.07, 6.45) is -4.56. The van der Waals surface area contributed by atoms with Gasteiger partial charge in [-0.3, -0.25) is 19.3 Å². The predicted octanol–water partition coefficient (Wildman–Crippen LogP) is 4.27. The Hall–Kier alpha value is -3.88. The first-order chi connectivity index (χ1) is 15.6. The molecule has 9 heteroatoms. The Kier molecular flexibility index (Phi) is 5.57. The number of hydrogen-bond acceptors (Lipinski definition) is 5. The van der Waals surface area contributed by atoms with Crippen molar-refractivity contribution in [2.24, 2.45) is 5.92 Å². The number of alkyl halides is 3. The SMILES string of the molecule is Cc1ccc(C(=O)C2C(=O)C(=O)N(c3ccc(C)nn3)C2c2ccc(C(F)(F)F)cc2)cc1. The van der Waals surface area contributed by atoms with Gasteiger partial charge < -0.3 is 0 Å². The lowest BCUT2D eigenvalue weighted by Gasteiger charge is -2.26. The Morgan fingerprint density at radius 1 is 0.879 bits per heavy atom. The molecule has 0 N–H and O–H groups in total. The van der Waals surface area contributed by atoms with E-state index in [1.165, 1.54) is 18.2 Å². The average Bonchev–Trinajstić information content (AvgIpc) is 3.04. The van der Waals surface area contributed by atoms with Crippen LogP contribution in [0.15, 0.2) is 60.7 Å². The zero-order chi connectivity index (χ0) is 23.9. The number of Topliss-reactive ketones (excluding diaryl/α,β-unsaturated/α-hetero) is 2. The van der Waals surface area contributed by atoms with E-state index >= 15 is 0 Å². The van der Waals surface area contributed by atoms with Crippen LogP contribution in [-0.2, 0) is 15.8 Å². The molecule has 0 radical (unpaired) electrons. The molecule has 3 aromatic rings. The summed E-state index contributed by atoms with van der Waals surface area (Å²) >= 11 is 0. The molecule has 4 rings (SSSR count). The van der Waals surface area contributed by atoms with E-state index in [9.17, 15) is 27.6 Å². The van der Waals surface area contributed by atoms with Crippen molar-refractivity contribution < 1.29 is 27.6 Å². The van der Waals surface area contributed by atoms with Crippen LogP contribution in [0.3, 0.4) is 0 Å². The van der Waals surface area contributed by atoms with Gasteiger partial charge in [0.25, 0.3) is 5.91 Å². The number of carbonyl (C=O) groups excluding carboxylic acids is 3. The van der Waals surface area contributed by atoms with Crippen LogP contribution < -0.4 is 4.90 Å². The van der Waals surface area contributed by atoms with Crippen molar-refractivity contribution in [3.63, 3.8) is 0 Å². The van der Waals surface area contributed by atoms with Crippen molar-refractivity contribution in [2.45, 2.75) is 26.1 Å². The van der Waals surface area contributed by atoms with Crippen molar-refractivity contribution in [3.05, 3.63) is 88.6 Å². The van der Waals surface area contributed by atoms with Gasteiger partial charge in [-0.2, -0.15) is 18.3 Å². The van der Waals surface area contributed by atoms with E-state index in [2.05, 4.69) is 10.2 Å². The normalized spacial score (nSPS) is 18.6. The highest BCUT2D eigenvalue weighted by molar-refractivity contribution is 6.48. The van der Waals surface area contributed by atoms with Crippen LogP contribution >= 0.6 is 0 Å². The monoisotopic (exact) mass is 453 g/mol. The molecule has 0 spiro atoms. The summed E-state index contributed by atoms with van der Waals surface area (Å²) in [5.41, 5.74) is 1.01. The van der Waals surface area contributed by atoms with Crippen molar-refractivity contribution in [3.8, 4) is 0 Å². The Morgan fingerprint density at radius 2 is 1.52 bits per heavy atom.